The lowest BCUT2D eigenvalue weighted by Crippen LogP contribution is -2.45. The zero-order chi connectivity index (χ0) is 23.5. The van der Waals surface area contributed by atoms with Crippen LogP contribution in [0.1, 0.15) is 50.2 Å². The first-order chi connectivity index (χ1) is 15.8. The number of amides is 2. The Morgan fingerprint density at radius 3 is 2.36 bits per heavy atom. The topological polar surface area (TPSA) is 90.9 Å². The van der Waals surface area contributed by atoms with Crippen LogP contribution in [0.2, 0.25) is 0 Å². The average Bonchev–Trinajstić information content (AvgIpc) is 3.58. The van der Waals surface area contributed by atoms with Crippen LogP contribution >= 0.6 is 0 Å². The minimum Gasteiger partial charge on any atom is -0.481 e. The molecule has 2 aromatic carbocycles. The monoisotopic (exact) mass is 451 g/mol. The molecule has 1 heterocycles. The van der Waals surface area contributed by atoms with Crippen LogP contribution in [0.4, 0.5) is 21.9 Å². The number of aliphatic carboxylic acids is 1. The lowest BCUT2D eigenvalue weighted by molar-refractivity contribution is -0.137. The number of morpholine rings is 1. The fourth-order valence-corrected chi connectivity index (χ4v) is 4.77. The lowest BCUT2D eigenvalue weighted by atomic mass is 9.90. The number of carbonyl (C=O) groups excluding carboxylic acids is 1. The Kier molecular flexibility index (Phi) is 6.88. The molecule has 176 valence electrons. The van der Waals surface area contributed by atoms with Crippen molar-refractivity contribution in [3.05, 3.63) is 53.6 Å². The summed E-state index contributed by atoms with van der Waals surface area (Å²) < 4.78 is 5.89. The van der Waals surface area contributed by atoms with E-state index in [-0.39, 0.29) is 30.6 Å². The number of carboxylic acid groups (broad SMARTS) is 1. The number of ether oxygens (including phenoxy) is 1. The van der Waals surface area contributed by atoms with Crippen LogP contribution in [0.25, 0.3) is 0 Å². The molecule has 1 aliphatic heterocycles. The van der Waals surface area contributed by atoms with Crippen LogP contribution in [0.3, 0.4) is 0 Å². The van der Waals surface area contributed by atoms with Crippen molar-refractivity contribution in [3.63, 3.8) is 0 Å². The normalized spacial score (nSPS) is 21.4. The molecule has 3 atom stereocenters. The second-order valence-corrected chi connectivity index (χ2v) is 9.37. The fraction of sp³-hybridized carbons (Fsp3) is 0.462. The molecule has 2 aromatic rings. The number of hydrogen-bond donors (Lipinski definition) is 3. The Labute approximate surface area is 195 Å². The van der Waals surface area contributed by atoms with E-state index in [4.69, 9.17) is 4.74 Å². The van der Waals surface area contributed by atoms with Gasteiger partial charge in [0.2, 0.25) is 0 Å². The van der Waals surface area contributed by atoms with Gasteiger partial charge in [0.15, 0.2) is 0 Å². The van der Waals surface area contributed by atoms with E-state index in [9.17, 15) is 14.7 Å². The van der Waals surface area contributed by atoms with Gasteiger partial charge in [0, 0.05) is 18.8 Å². The van der Waals surface area contributed by atoms with E-state index in [1.165, 1.54) is 0 Å². The molecular weight excluding hydrogens is 418 g/mol. The number of para-hydroxylation sites is 1. The Balaban J connectivity index is 1.63. The molecule has 7 nitrogen and oxygen atoms in total. The number of benzene rings is 2. The van der Waals surface area contributed by atoms with Crippen molar-refractivity contribution < 1.29 is 19.4 Å². The van der Waals surface area contributed by atoms with Crippen molar-refractivity contribution >= 4 is 29.1 Å². The Bertz CT molecular complexity index is 1010. The summed E-state index contributed by atoms with van der Waals surface area (Å²) in [5, 5.41) is 15.4. The van der Waals surface area contributed by atoms with Crippen LogP contribution in [-0.2, 0) is 9.53 Å². The van der Waals surface area contributed by atoms with Crippen molar-refractivity contribution in [2.45, 2.75) is 58.2 Å². The molecule has 3 N–H and O–H groups in total. The second-order valence-electron chi connectivity index (χ2n) is 9.37. The highest BCUT2D eigenvalue weighted by molar-refractivity contribution is 6.02. The number of carbonyl (C=O) groups is 2. The minimum absolute atomic E-state index is 0.0425. The number of aryl methyl sites for hydroxylation is 1. The smallest absolute Gasteiger partial charge is 0.323 e. The first-order valence-corrected chi connectivity index (χ1v) is 11.7. The SMILES string of the molecule is Cc1ccccc1NC(=O)Nc1cc(C(CC(=O)O)C2CC2)ccc1N1C[C@@H](C)O[C@@H](C)C1. The van der Waals surface area contributed by atoms with Gasteiger partial charge in [0.25, 0.3) is 0 Å². The minimum atomic E-state index is -0.793. The highest BCUT2D eigenvalue weighted by atomic mass is 16.5. The van der Waals surface area contributed by atoms with Crippen molar-refractivity contribution in [3.8, 4) is 0 Å². The molecule has 2 amide bonds. The van der Waals surface area contributed by atoms with Crippen molar-refractivity contribution in [2.75, 3.05) is 28.6 Å². The predicted octanol–water partition coefficient (Wildman–Crippen LogP) is 5.22. The number of anilines is 3. The number of nitrogens with zero attached hydrogens (tertiary/aromatic N) is 1. The van der Waals surface area contributed by atoms with E-state index < -0.39 is 5.97 Å². The van der Waals surface area contributed by atoms with Crippen LogP contribution in [0, 0.1) is 12.8 Å². The van der Waals surface area contributed by atoms with E-state index in [1.807, 2.05) is 63.2 Å². The molecule has 0 radical (unpaired) electrons. The van der Waals surface area contributed by atoms with E-state index in [0.717, 1.165) is 48.4 Å². The number of carboxylic acids is 1. The standard InChI is InChI=1S/C26H33N3O4/c1-16-6-4-5-7-22(16)27-26(32)28-23-12-20(21(13-25(30)31)19-8-9-19)10-11-24(23)29-14-17(2)33-18(3)15-29/h4-7,10-12,17-19,21H,8-9,13-15H2,1-3H3,(H,30,31)(H2,27,28,32)/t17-,18+,21?. The predicted molar refractivity (Wildman–Crippen MR) is 130 cm³/mol. The van der Waals surface area contributed by atoms with Crippen LogP contribution < -0.4 is 15.5 Å². The fourth-order valence-electron chi connectivity index (χ4n) is 4.77. The van der Waals surface area contributed by atoms with Gasteiger partial charge in [0.05, 0.1) is 30.0 Å². The third-order valence-corrected chi connectivity index (χ3v) is 6.44. The number of rotatable bonds is 7. The molecule has 1 aliphatic carbocycles. The first kappa shape index (κ1) is 23.1. The summed E-state index contributed by atoms with van der Waals surface area (Å²) in [6, 6.07) is 13.3. The van der Waals surface area contributed by atoms with Crippen molar-refractivity contribution in [1.82, 2.24) is 0 Å². The van der Waals surface area contributed by atoms with E-state index >= 15 is 0 Å². The van der Waals surface area contributed by atoms with Gasteiger partial charge in [-0.3, -0.25) is 4.79 Å². The summed E-state index contributed by atoms with van der Waals surface area (Å²) in [4.78, 5) is 26.7. The van der Waals surface area contributed by atoms with Gasteiger partial charge in [-0.25, -0.2) is 4.79 Å². The van der Waals surface area contributed by atoms with Crippen molar-refractivity contribution in [2.24, 2.45) is 5.92 Å². The lowest BCUT2D eigenvalue weighted by Gasteiger charge is -2.38. The number of hydrogen-bond acceptors (Lipinski definition) is 4. The van der Waals surface area contributed by atoms with Crippen LogP contribution in [0.15, 0.2) is 42.5 Å². The molecule has 1 unspecified atom stereocenters. The molecule has 2 aliphatic rings. The molecule has 2 fully saturated rings. The molecule has 0 bridgehead atoms. The zero-order valence-electron chi connectivity index (χ0n) is 19.5. The van der Waals surface area contributed by atoms with E-state index in [1.54, 1.807) is 0 Å². The quantitative estimate of drug-likeness (QED) is 0.537. The Hall–Kier alpha value is -3.06. The molecule has 0 spiro atoms. The van der Waals surface area contributed by atoms with Gasteiger partial charge in [-0.2, -0.15) is 0 Å². The molecule has 1 saturated heterocycles. The van der Waals surface area contributed by atoms with E-state index in [0.29, 0.717) is 11.6 Å². The average molecular weight is 452 g/mol. The number of nitrogens with one attached hydrogen (secondary N) is 2. The van der Waals surface area contributed by atoms with Crippen LogP contribution in [-0.4, -0.2) is 42.4 Å². The summed E-state index contributed by atoms with van der Waals surface area (Å²) in [5.41, 5.74) is 4.31. The second kappa shape index (κ2) is 9.83. The van der Waals surface area contributed by atoms with Gasteiger partial charge in [0.1, 0.15) is 0 Å². The molecule has 7 heteroatoms. The highest BCUT2D eigenvalue weighted by Gasteiger charge is 2.34. The third-order valence-electron chi connectivity index (χ3n) is 6.44. The summed E-state index contributed by atoms with van der Waals surface area (Å²) in [7, 11) is 0. The zero-order valence-corrected chi connectivity index (χ0v) is 19.5. The molecular formula is C26H33N3O4. The van der Waals surface area contributed by atoms with Gasteiger partial charge < -0.3 is 25.4 Å². The van der Waals surface area contributed by atoms with Crippen molar-refractivity contribution in [1.29, 1.82) is 0 Å². The molecule has 4 rings (SSSR count). The van der Waals surface area contributed by atoms with Crippen LogP contribution in [0.5, 0.6) is 0 Å². The molecule has 0 aromatic heterocycles. The first-order valence-electron chi connectivity index (χ1n) is 11.7. The Morgan fingerprint density at radius 2 is 1.73 bits per heavy atom. The maximum Gasteiger partial charge on any atom is 0.323 e. The van der Waals surface area contributed by atoms with Gasteiger partial charge in [-0.1, -0.05) is 24.3 Å². The number of urea groups is 1. The van der Waals surface area contributed by atoms with Gasteiger partial charge >= 0.3 is 12.0 Å². The Morgan fingerprint density at radius 1 is 1.06 bits per heavy atom. The third kappa shape index (κ3) is 5.85. The van der Waals surface area contributed by atoms with E-state index in [2.05, 4.69) is 15.5 Å². The van der Waals surface area contributed by atoms with Gasteiger partial charge in [-0.15, -0.1) is 0 Å². The summed E-state index contributed by atoms with van der Waals surface area (Å²) in [6.45, 7) is 7.48. The summed E-state index contributed by atoms with van der Waals surface area (Å²) in [5.74, 6) is -0.443. The molecule has 33 heavy (non-hydrogen) atoms. The molecule has 1 saturated carbocycles. The summed E-state index contributed by atoms with van der Waals surface area (Å²) in [6.07, 6.45) is 2.36. The maximum absolute atomic E-state index is 12.9. The van der Waals surface area contributed by atoms with Gasteiger partial charge in [-0.05, 0) is 74.8 Å². The summed E-state index contributed by atoms with van der Waals surface area (Å²) >= 11 is 0. The largest absolute Gasteiger partial charge is 0.481 e. The maximum atomic E-state index is 12.9. The highest BCUT2D eigenvalue weighted by Crippen LogP contribution is 2.46.